The number of hydrogen-bond acceptors (Lipinski definition) is 1. The highest BCUT2D eigenvalue weighted by Gasteiger charge is 2.53. The van der Waals surface area contributed by atoms with Gasteiger partial charge in [0.1, 0.15) is 0 Å². The molecule has 7 atom stereocenters. The molecule has 0 aliphatic heterocycles. The summed E-state index contributed by atoms with van der Waals surface area (Å²) < 4.78 is 0. The SMILES string of the molecule is C1=CCC(c2ccccc2C2C3CCCCC3C(C3C=Cc4c(sc5c4CC4C=CCCC4=C5)C3)C3CCCCC32)C=C1. The van der Waals surface area contributed by atoms with Gasteiger partial charge in [-0.15, -0.1) is 11.3 Å². The van der Waals surface area contributed by atoms with Crippen molar-refractivity contribution in [2.45, 2.75) is 95.3 Å². The maximum absolute atomic E-state index is 2.75. The average molecular weight is 585 g/mol. The number of thiophene rings is 1. The van der Waals surface area contributed by atoms with E-state index in [0.29, 0.717) is 11.8 Å². The molecule has 43 heavy (non-hydrogen) atoms. The van der Waals surface area contributed by atoms with Crippen LogP contribution < -0.4 is 0 Å². The zero-order valence-corrected chi connectivity index (χ0v) is 26.6. The topological polar surface area (TPSA) is 0 Å². The first-order chi connectivity index (χ1) is 21.3. The van der Waals surface area contributed by atoms with E-state index in [2.05, 4.69) is 90.3 Å². The van der Waals surface area contributed by atoms with Gasteiger partial charge in [0, 0.05) is 21.6 Å². The predicted molar refractivity (Wildman–Crippen MR) is 183 cm³/mol. The van der Waals surface area contributed by atoms with Crippen LogP contribution in [0.4, 0.5) is 0 Å². The van der Waals surface area contributed by atoms with Gasteiger partial charge in [-0.2, -0.15) is 0 Å². The van der Waals surface area contributed by atoms with E-state index in [4.69, 9.17) is 0 Å². The third-order valence-electron chi connectivity index (χ3n) is 13.2. The number of benzene rings is 1. The first-order valence-electron chi connectivity index (χ1n) is 18.0. The van der Waals surface area contributed by atoms with Crippen molar-refractivity contribution in [3.8, 4) is 0 Å². The highest BCUT2D eigenvalue weighted by molar-refractivity contribution is 7.13. The van der Waals surface area contributed by atoms with Gasteiger partial charge in [0.25, 0.3) is 0 Å². The van der Waals surface area contributed by atoms with Crippen LogP contribution in [0.15, 0.2) is 72.4 Å². The zero-order valence-electron chi connectivity index (χ0n) is 25.8. The van der Waals surface area contributed by atoms with Crippen molar-refractivity contribution in [2.75, 3.05) is 0 Å². The van der Waals surface area contributed by atoms with Crippen LogP contribution in [0.3, 0.4) is 0 Å². The van der Waals surface area contributed by atoms with Crippen molar-refractivity contribution >= 4 is 23.5 Å². The lowest BCUT2D eigenvalue weighted by Crippen LogP contribution is -2.50. The summed E-state index contributed by atoms with van der Waals surface area (Å²) >= 11 is 2.17. The van der Waals surface area contributed by atoms with Crippen molar-refractivity contribution in [2.24, 2.45) is 41.4 Å². The van der Waals surface area contributed by atoms with Crippen LogP contribution in [0, 0.1) is 41.4 Å². The number of fused-ring (bicyclic) bond motifs is 6. The second kappa shape index (κ2) is 11.2. The smallest absolute Gasteiger partial charge is 0.0311 e. The molecule has 1 heteroatoms. The van der Waals surface area contributed by atoms with Crippen molar-refractivity contribution in [3.05, 3.63) is 104 Å². The first kappa shape index (κ1) is 27.0. The van der Waals surface area contributed by atoms with Gasteiger partial charge >= 0.3 is 0 Å². The van der Waals surface area contributed by atoms with Crippen molar-refractivity contribution < 1.29 is 0 Å². The van der Waals surface area contributed by atoms with Crippen LogP contribution in [-0.2, 0) is 12.8 Å². The molecule has 222 valence electrons. The lowest BCUT2D eigenvalue weighted by molar-refractivity contribution is -0.0493. The van der Waals surface area contributed by atoms with E-state index in [-0.39, 0.29) is 0 Å². The summed E-state index contributed by atoms with van der Waals surface area (Å²) in [6.45, 7) is 0. The maximum Gasteiger partial charge on any atom is 0.0311 e. The molecule has 1 aromatic heterocycles. The average Bonchev–Trinajstić information content (AvgIpc) is 3.43. The zero-order chi connectivity index (χ0) is 28.3. The highest BCUT2D eigenvalue weighted by Crippen LogP contribution is 2.62. The van der Waals surface area contributed by atoms with Crippen LogP contribution in [0.1, 0.15) is 114 Å². The lowest BCUT2D eigenvalue weighted by Gasteiger charge is -2.58. The van der Waals surface area contributed by atoms with E-state index in [1.165, 1.54) is 83.5 Å². The van der Waals surface area contributed by atoms with Gasteiger partial charge in [-0.05, 0) is 128 Å². The first-order valence-corrected chi connectivity index (χ1v) is 18.8. The minimum atomic E-state index is 0.557. The quantitative estimate of drug-likeness (QED) is 0.315. The number of hydrogen-bond donors (Lipinski definition) is 0. The summed E-state index contributed by atoms with van der Waals surface area (Å²) in [5.41, 5.74) is 8.39. The summed E-state index contributed by atoms with van der Waals surface area (Å²) in [7, 11) is 0. The van der Waals surface area contributed by atoms with Gasteiger partial charge in [-0.25, -0.2) is 0 Å². The van der Waals surface area contributed by atoms with Crippen LogP contribution in [0.25, 0.3) is 12.2 Å². The molecule has 0 spiro atoms. The van der Waals surface area contributed by atoms with Gasteiger partial charge in [-0.3, -0.25) is 0 Å². The molecule has 9 rings (SSSR count). The minimum Gasteiger partial charge on any atom is -0.140 e. The molecule has 2 aromatic rings. The molecule has 7 aliphatic carbocycles. The van der Waals surface area contributed by atoms with Crippen LogP contribution in [0.5, 0.6) is 0 Å². The normalized spacial score (nSPS) is 37.5. The Kier molecular flexibility index (Phi) is 7.03. The Balaban J connectivity index is 1.07. The molecule has 0 N–H and O–H groups in total. The Morgan fingerprint density at radius 3 is 2.23 bits per heavy atom. The van der Waals surface area contributed by atoms with E-state index < -0.39 is 0 Å². The van der Waals surface area contributed by atoms with Crippen molar-refractivity contribution in [1.82, 2.24) is 0 Å². The molecule has 0 bridgehead atoms. The maximum atomic E-state index is 2.75. The largest absolute Gasteiger partial charge is 0.140 e. The van der Waals surface area contributed by atoms with Crippen LogP contribution >= 0.6 is 11.3 Å². The number of allylic oxidation sites excluding steroid dienone is 8. The van der Waals surface area contributed by atoms with Gasteiger partial charge in [-0.1, -0.05) is 104 Å². The molecule has 3 saturated carbocycles. The fraction of sp³-hybridized carbons (Fsp3) is 0.524. The van der Waals surface area contributed by atoms with Gasteiger partial charge in [0.15, 0.2) is 0 Å². The van der Waals surface area contributed by atoms with E-state index in [1.54, 1.807) is 37.6 Å². The summed E-state index contributed by atoms with van der Waals surface area (Å²) in [6, 6.07) is 9.76. The molecular weight excluding hydrogens is 537 g/mol. The highest BCUT2D eigenvalue weighted by atomic mass is 32.1. The fourth-order valence-electron chi connectivity index (χ4n) is 11.5. The van der Waals surface area contributed by atoms with E-state index >= 15 is 0 Å². The van der Waals surface area contributed by atoms with Gasteiger partial charge in [0.05, 0.1) is 0 Å². The molecule has 7 aliphatic rings. The third-order valence-corrected chi connectivity index (χ3v) is 14.4. The second-order valence-electron chi connectivity index (χ2n) is 15.1. The summed E-state index contributed by atoms with van der Waals surface area (Å²) in [5.74, 6) is 7.13. The lowest BCUT2D eigenvalue weighted by atomic mass is 9.47. The molecular formula is C42H48S. The van der Waals surface area contributed by atoms with E-state index in [1.807, 2.05) is 0 Å². The number of rotatable bonds is 3. The molecule has 1 heterocycles. The monoisotopic (exact) mass is 584 g/mol. The second-order valence-corrected chi connectivity index (χ2v) is 16.3. The molecule has 0 amide bonds. The Morgan fingerprint density at radius 1 is 0.698 bits per heavy atom. The van der Waals surface area contributed by atoms with Crippen LogP contribution in [-0.4, -0.2) is 0 Å². The van der Waals surface area contributed by atoms with Gasteiger partial charge in [0.2, 0.25) is 0 Å². The van der Waals surface area contributed by atoms with Crippen molar-refractivity contribution in [3.63, 3.8) is 0 Å². The standard InChI is InChI=1S/C42H48S/c1-2-12-27(13-3-1)31-16-6-7-17-33(31)42-36-20-10-8-18-34(36)41(35-19-9-11-21-37(35)42)30-22-23-32-38-24-28-14-4-5-15-29(28)25-40(38)43-39(32)26-30/h1-4,6-7,12,14,16-17,22-23,25,27-28,30,34-37,41-42H,5,8-11,13,15,18-21,24,26H2. The third kappa shape index (κ3) is 4.58. The molecule has 1 aromatic carbocycles. The Hall–Kier alpha value is -2.38. The fourth-order valence-corrected chi connectivity index (χ4v) is 12.9. The van der Waals surface area contributed by atoms with Crippen LogP contribution in [0.2, 0.25) is 0 Å². The Labute approximate surface area is 263 Å². The molecule has 0 radical (unpaired) electrons. The van der Waals surface area contributed by atoms with Gasteiger partial charge < -0.3 is 0 Å². The summed E-state index contributed by atoms with van der Waals surface area (Å²) in [6.07, 6.45) is 40.2. The Morgan fingerprint density at radius 2 is 1.47 bits per heavy atom. The van der Waals surface area contributed by atoms with E-state index in [9.17, 15) is 0 Å². The predicted octanol–water partition coefficient (Wildman–Crippen LogP) is 11.5. The van der Waals surface area contributed by atoms with E-state index in [0.717, 1.165) is 41.4 Å². The Bertz CT molecular complexity index is 1500. The summed E-state index contributed by atoms with van der Waals surface area (Å²) in [5, 5.41) is 0. The molecule has 0 saturated heterocycles. The molecule has 0 nitrogen and oxygen atoms in total. The molecule has 7 unspecified atom stereocenters. The van der Waals surface area contributed by atoms with Crippen molar-refractivity contribution in [1.29, 1.82) is 0 Å². The minimum absolute atomic E-state index is 0.557. The summed E-state index contributed by atoms with van der Waals surface area (Å²) in [4.78, 5) is 3.33. The molecule has 3 fully saturated rings.